The number of anilines is 1. The lowest BCUT2D eigenvalue weighted by atomic mass is 10.1. The van der Waals surface area contributed by atoms with Gasteiger partial charge in [0.05, 0.1) is 0 Å². The number of carbonyl (C=O) groups is 2. The number of fused-ring (bicyclic) bond motifs is 1. The fourth-order valence-electron chi connectivity index (χ4n) is 2.49. The maximum Gasteiger partial charge on any atom is 0.344 e. The predicted octanol–water partition coefficient (Wildman–Crippen LogP) is 3.32. The van der Waals surface area contributed by atoms with Gasteiger partial charge in [-0.05, 0) is 42.8 Å². The molecule has 0 spiro atoms. The maximum atomic E-state index is 11.8. The van der Waals surface area contributed by atoms with Gasteiger partial charge in [-0.25, -0.2) is 9.59 Å². The Morgan fingerprint density at radius 1 is 1.11 bits per heavy atom. The number of hydrogen-bond acceptors (Lipinski definition) is 6. The van der Waals surface area contributed by atoms with Crippen LogP contribution in [0.2, 0.25) is 5.02 Å². The molecule has 1 heterocycles. The minimum absolute atomic E-state index is 0.335. The molecule has 1 N–H and O–H groups in total. The van der Waals surface area contributed by atoms with Crippen LogP contribution in [0.25, 0.3) is 11.0 Å². The van der Waals surface area contributed by atoms with E-state index in [4.69, 9.17) is 25.5 Å². The van der Waals surface area contributed by atoms with Gasteiger partial charge in [0.2, 0.25) is 0 Å². The first kappa shape index (κ1) is 19.4. The molecule has 0 aliphatic rings. The monoisotopic (exact) mass is 401 g/mol. The number of benzene rings is 2. The van der Waals surface area contributed by atoms with Crippen LogP contribution in [0.15, 0.2) is 57.7 Å². The molecule has 0 atom stereocenters. The van der Waals surface area contributed by atoms with Crippen molar-refractivity contribution < 1.29 is 23.5 Å². The average Bonchev–Trinajstić information content (AvgIpc) is 2.64. The van der Waals surface area contributed by atoms with E-state index in [1.807, 2.05) is 0 Å². The lowest BCUT2D eigenvalue weighted by molar-refractivity contribution is -0.149. The van der Waals surface area contributed by atoms with Crippen molar-refractivity contribution in [3.8, 4) is 5.75 Å². The molecule has 1 amide bonds. The number of aryl methyl sites for hydroxylation is 1. The Morgan fingerprint density at radius 2 is 1.93 bits per heavy atom. The van der Waals surface area contributed by atoms with E-state index < -0.39 is 30.7 Å². The van der Waals surface area contributed by atoms with Crippen LogP contribution in [0.5, 0.6) is 5.75 Å². The van der Waals surface area contributed by atoms with Crippen LogP contribution in [0, 0.1) is 6.92 Å². The first-order valence-electron chi connectivity index (χ1n) is 8.29. The average molecular weight is 402 g/mol. The predicted molar refractivity (Wildman–Crippen MR) is 104 cm³/mol. The summed E-state index contributed by atoms with van der Waals surface area (Å²) in [6.45, 7) is 0.943. The van der Waals surface area contributed by atoms with Crippen LogP contribution in [-0.4, -0.2) is 25.1 Å². The number of carbonyl (C=O) groups excluding carboxylic acids is 2. The standard InChI is InChI=1S/C20H16ClNO6/c1-12-7-19(24)28-17-9-15(5-6-16(12)17)26-11-20(25)27-10-18(23)22-14-4-2-3-13(21)8-14/h2-9H,10-11H2,1H3,(H,22,23). The Hall–Kier alpha value is -3.32. The highest BCUT2D eigenvalue weighted by molar-refractivity contribution is 6.30. The van der Waals surface area contributed by atoms with Crippen LogP contribution in [0.4, 0.5) is 5.69 Å². The summed E-state index contributed by atoms with van der Waals surface area (Å²) in [6, 6.07) is 12.9. The zero-order valence-electron chi connectivity index (χ0n) is 14.9. The second-order valence-electron chi connectivity index (χ2n) is 5.91. The van der Waals surface area contributed by atoms with Crippen LogP contribution in [0.3, 0.4) is 0 Å². The fraction of sp³-hybridized carbons (Fsp3) is 0.150. The van der Waals surface area contributed by atoms with E-state index in [1.165, 1.54) is 12.1 Å². The van der Waals surface area contributed by atoms with Gasteiger partial charge in [-0.3, -0.25) is 4.79 Å². The van der Waals surface area contributed by atoms with Gasteiger partial charge in [0.15, 0.2) is 13.2 Å². The van der Waals surface area contributed by atoms with E-state index in [2.05, 4.69) is 5.32 Å². The Labute approximate surface area is 164 Å². The number of esters is 1. The van der Waals surface area contributed by atoms with E-state index in [-0.39, 0.29) is 0 Å². The summed E-state index contributed by atoms with van der Waals surface area (Å²) in [7, 11) is 0. The third kappa shape index (κ3) is 5.11. The van der Waals surface area contributed by atoms with Gasteiger partial charge in [-0.2, -0.15) is 0 Å². The first-order chi connectivity index (χ1) is 13.4. The number of nitrogens with one attached hydrogen (secondary N) is 1. The zero-order chi connectivity index (χ0) is 20.1. The third-order valence-electron chi connectivity index (χ3n) is 3.75. The van der Waals surface area contributed by atoms with Crippen LogP contribution in [0.1, 0.15) is 5.56 Å². The Bertz CT molecular complexity index is 1090. The molecule has 2 aromatic carbocycles. The Kier molecular flexibility index (Phi) is 5.96. The molecule has 0 aliphatic carbocycles. The van der Waals surface area contributed by atoms with Gasteiger partial charge in [0.1, 0.15) is 11.3 Å². The van der Waals surface area contributed by atoms with Crippen molar-refractivity contribution in [2.75, 3.05) is 18.5 Å². The highest BCUT2D eigenvalue weighted by Gasteiger charge is 2.10. The number of ether oxygens (including phenoxy) is 2. The van der Waals surface area contributed by atoms with Gasteiger partial charge in [0, 0.05) is 28.2 Å². The third-order valence-corrected chi connectivity index (χ3v) is 3.99. The van der Waals surface area contributed by atoms with Crippen LogP contribution in [-0.2, 0) is 14.3 Å². The zero-order valence-corrected chi connectivity index (χ0v) is 15.6. The van der Waals surface area contributed by atoms with Gasteiger partial charge in [-0.1, -0.05) is 17.7 Å². The highest BCUT2D eigenvalue weighted by Crippen LogP contribution is 2.22. The van der Waals surface area contributed by atoms with Crippen molar-refractivity contribution in [3.63, 3.8) is 0 Å². The molecule has 28 heavy (non-hydrogen) atoms. The SMILES string of the molecule is Cc1cc(=O)oc2cc(OCC(=O)OCC(=O)Nc3cccc(Cl)c3)ccc12. The molecule has 8 heteroatoms. The van der Waals surface area contributed by atoms with E-state index >= 15 is 0 Å². The summed E-state index contributed by atoms with van der Waals surface area (Å²) in [5.74, 6) is -0.882. The smallest absolute Gasteiger partial charge is 0.344 e. The van der Waals surface area contributed by atoms with Crippen molar-refractivity contribution in [1.82, 2.24) is 0 Å². The van der Waals surface area contributed by atoms with Crippen molar-refractivity contribution in [2.24, 2.45) is 0 Å². The van der Waals surface area contributed by atoms with Crippen molar-refractivity contribution >= 4 is 40.1 Å². The van der Waals surface area contributed by atoms with Crippen molar-refractivity contribution in [2.45, 2.75) is 6.92 Å². The summed E-state index contributed by atoms with van der Waals surface area (Å²) in [4.78, 5) is 35.0. The summed E-state index contributed by atoms with van der Waals surface area (Å²) < 4.78 is 15.3. The Balaban J connectivity index is 1.51. The lowest BCUT2D eigenvalue weighted by Gasteiger charge is -2.09. The van der Waals surface area contributed by atoms with E-state index in [0.29, 0.717) is 22.0 Å². The number of hydrogen-bond donors (Lipinski definition) is 1. The van der Waals surface area contributed by atoms with Crippen molar-refractivity contribution in [3.05, 3.63) is 69.5 Å². The van der Waals surface area contributed by atoms with E-state index in [1.54, 1.807) is 43.3 Å². The molecular weight excluding hydrogens is 386 g/mol. The van der Waals surface area contributed by atoms with Gasteiger partial charge < -0.3 is 19.2 Å². The lowest BCUT2D eigenvalue weighted by Crippen LogP contribution is -2.23. The molecule has 3 aromatic rings. The number of amides is 1. The minimum atomic E-state index is -0.716. The molecule has 7 nitrogen and oxygen atoms in total. The summed E-state index contributed by atoms with van der Waals surface area (Å²) in [6.07, 6.45) is 0. The number of halogens is 1. The highest BCUT2D eigenvalue weighted by atomic mass is 35.5. The Morgan fingerprint density at radius 3 is 2.71 bits per heavy atom. The van der Waals surface area contributed by atoms with E-state index in [0.717, 1.165) is 10.9 Å². The molecule has 0 saturated heterocycles. The molecule has 0 aliphatic heterocycles. The van der Waals surface area contributed by atoms with Crippen LogP contribution < -0.4 is 15.7 Å². The molecule has 0 radical (unpaired) electrons. The topological polar surface area (TPSA) is 94.8 Å². The molecule has 0 fully saturated rings. The second-order valence-corrected chi connectivity index (χ2v) is 6.35. The molecule has 144 valence electrons. The minimum Gasteiger partial charge on any atom is -0.482 e. The molecule has 0 bridgehead atoms. The number of rotatable bonds is 6. The normalized spacial score (nSPS) is 10.5. The summed E-state index contributed by atoms with van der Waals surface area (Å²) in [5.41, 5.74) is 1.17. The van der Waals surface area contributed by atoms with Gasteiger partial charge in [-0.15, -0.1) is 0 Å². The quantitative estimate of drug-likeness (QED) is 0.503. The second kappa shape index (κ2) is 8.58. The van der Waals surface area contributed by atoms with Gasteiger partial charge >= 0.3 is 11.6 Å². The maximum absolute atomic E-state index is 11.8. The van der Waals surface area contributed by atoms with Crippen molar-refractivity contribution in [1.29, 1.82) is 0 Å². The summed E-state index contributed by atoms with van der Waals surface area (Å²) in [5, 5.41) is 3.81. The molecule has 1 aromatic heterocycles. The van der Waals surface area contributed by atoms with Gasteiger partial charge in [0.25, 0.3) is 5.91 Å². The summed E-state index contributed by atoms with van der Waals surface area (Å²) >= 11 is 5.83. The van der Waals surface area contributed by atoms with Crippen LogP contribution >= 0.6 is 11.6 Å². The molecule has 3 rings (SSSR count). The largest absolute Gasteiger partial charge is 0.482 e. The first-order valence-corrected chi connectivity index (χ1v) is 8.67. The molecule has 0 unspecified atom stereocenters. The van der Waals surface area contributed by atoms with E-state index in [9.17, 15) is 14.4 Å². The molecule has 0 saturated carbocycles. The fourth-order valence-corrected chi connectivity index (χ4v) is 2.68. The molecular formula is C20H16ClNO6.